The van der Waals surface area contributed by atoms with E-state index in [1.807, 2.05) is 42.5 Å². The van der Waals surface area contributed by atoms with Crippen LogP contribution in [0.15, 0.2) is 79.0 Å². The van der Waals surface area contributed by atoms with Gasteiger partial charge in [-0.15, -0.1) is 24.0 Å². The Hall–Kier alpha value is -2.87. The van der Waals surface area contributed by atoms with Gasteiger partial charge in [0.05, 0.1) is 28.3 Å². The minimum absolute atomic E-state index is 0. The molecule has 0 amide bonds. The van der Waals surface area contributed by atoms with Crippen molar-refractivity contribution in [2.24, 2.45) is 0 Å². The van der Waals surface area contributed by atoms with Crippen LogP contribution in [0.3, 0.4) is 0 Å². The van der Waals surface area contributed by atoms with Crippen molar-refractivity contribution in [3.8, 4) is 11.5 Å². The fraction of sp³-hybridized carbons (Fsp3) is 0.0455. The summed E-state index contributed by atoms with van der Waals surface area (Å²) in [4.78, 5) is 13.8. The molecule has 2 heterocycles. The Morgan fingerprint density at radius 3 is 2.43 bits per heavy atom. The molecule has 2 aromatic heterocycles. The van der Waals surface area contributed by atoms with Gasteiger partial charge in [0.15, 0.2) is 5.82 Å². The molecular weight excluding hydrogens is 466 g/mol. The van der Waals surface area contributed by atoms with Crippen LogP contribution >= 0.6 is 24.0 Å². The molecule has 0 unspecified atom stereocenters. The molecule has 0 aliphatic carbocycles. The first-order chi connectivity index (χ1) is 13.3. The summed E-state index contributed by atoms with van der Waals surface area (Å²) < 4.78 is 15.7. The zero-order chi connectivity index (χ0) is 18.2. The molecule has 0 aliphatic rings. The molecule has 0 radical (unpaired) electrons. The molecule has 0 spiro atoms. The van der Waals surface area contributed by atoms with E-state index in [-0.39, 0.29) is 29.8 Å². The van der Waals surface area contributed by atoms with Crippen LogP contribution in [0, 0.1) is 5.82 Å². The van der Waals surface area contributed by atoms with E-state index in [0.29, 0.717) is 23.3 Å². The monoisotopic (exact) mass is 482 g/mol. The van der Waals surface area contributed by atoms with Crippen molar-refractivity contribution in [1.82, 2.24) is 19.5 Å². The third-order valence-electron chi connectivity index (χ3n) is 4.57. The number of nitrogens with zero attached hydrogens (tertiary/aromatic N) is 4. The summed E-state index contributed by atoms with van der Waals surface area (Å²) in [5.41, 5.74) is 4.89. The highest BCUT2D eigenvalue weighted by atomic mass is 127. The molecule has 4 nitrogen and oxygen atoms in total. The predicted molar refractivity (Wildman–Crippen MR) is 119 cm³/mol. The molecule has 0 atom stereocenters. The molecule has 6 heteroatoms. The highest BCUT2D eigenvalue weighted by Crippen LogP contribution is 2.25. The molecule has 0 saturated carbocycles. The van der Waals surface area contributed by atoms with Gasteiger partial charge in [0.25, 0.3) is 0 Å². The summed E-state index contributed by atoms with van der Waals surface area (Å²) in [7, 11) is 0. The lowest BCUT2D eigenvalue weighted by atomic mass is 10.2. The lowest BCUT2D eigenvalue weighted by Gasteiger charge is -2.09. The maximum absolute atomic E-state index is 13.6. The van der Waals surface area contributed by atoms with Gasteiger partial charge in [-0.2, -0.15) is 0 Å². The number of imidazole rings is 1. The Labute approximate surface area is 178 Å². The van der Waals surface area contributed by atoms with E-state index in [1.165, 1.54) is 17.7 Å². The number of rotatable bonds is 3. The van der Waals surface area contributed by atoms with Gasteiger partial charge in [0.2, 0.25) is 0 Å². The third-order valence-corrected chi connectivity index (χ3v) is 4.57. The Kier molecular flexibility index (Phi) is 5.04. The zero-order valence-corrected chi connectivity index (χ0v) is 17.1. The minimum atomic E-state index is -0.327. The maximum atomic E-state index is 13.6. The number of hydrogen-bond donors (Lipinski definition) is 0. The smallest absolute Gasteiger partial charge is 0.161 e. The van der Waals surface area contributed by atoms with Gasteiger partial charge in [-0.25, -0.2) is 14.4 Å². The number of aromatic nitrogens is 4. The van der Waals surface area contributed by atoms with Crippen molar-refractivity contribution in [2.75, 3.05) is 0 Å². The van der Waals surface area contributed by atoms with Crippen LogP contribution in [0.5, 0.6) is 0 Å². The molecule has 138 valence electrons. The molecule has 0 fully saturated rings. The van der Waals surface area contributed by atoms with Crippen LogP contribution in [-0.2, 0) is 6.54 Å². The van der Waals surface area contributed by atoms with Crippen molar-refractivity contribution in [3.05, 3.63) is 90.4 Å². The molecule has 0 aliphatic heterocycles. The summed E-state index contributed by atoms with van der Waals surface area (Å²) in [5, 5.41) is 0. The first kappa shape index (κ1) is 18.5. The van der Waals surface area contributed by atoms with Crippen LogP contribution in [0.2, 0.25) is 0 Å². The number of hydrogen-bond acceptors (Lipinski definition) is 3. The molecular formula is C22H16FIN4. The van der Waals surface area contributed by atoms with Gasteiger partial charge in [-0.05, 0) is 29.8 Å². The fourth-order valence-electron chi connectivity index (χ4n) is 3.29. The highest BCUT2D eigenvalue weighted by molar-refractivity contribution is 14.0. The van der Waals surface area contributed by atoms with Crippen LogP contribution in [0.1, 0.15) is 5.56 Å². The zero-order valence-electron chi connectivity index (χ0n) is 14.8. The van der Waals surface area contributed by atoms with Crippen LogP contribution in [0.4, 0.5) is 4.39 Å². The van der Waals surface area contributed by atoms with Crippen molar-refractivity contribution in [2.45, 2.75) is 6.54 Å². The second kappa shape index (κ2) is 7.63. The molecule has 5 aromatic rings. The Bertz CT molecular complexity index is 1270. The van der Waals surface area contributed by atoms with Crippen molar-refractivity contribution in [1.29, 1.82) is 0 Å². The highest BCUT2D eigenvalue weighted by Gasteiger charge is 2.15. The minimum Gasteiger partial charge on any atom is -0.318 e. The standard InChI is InChI=1S/C22H15FN4.HI/c23-16-10-11-17-19(12-16)25-20(13-24-17)22-26-18-8-4-5-9-21(18)27(22)14-15-6-2-1-3-7-15;/h1-13H,14H2;1H. The second-order valence-corrected chi connectivity index (χ2v) is 6.38. The Morgan fingerprint density at radius 1 is 0.786 bits per heavy atom. The van der Waals surface area contributed by atoms with E-state index in [0.717, 1.165) is 16.9 Å². The van der Waals surface area contributed by atoms with E-state index in [9.17, 15) is 4.39 Å². The van der Waals surface area contributed by atoms with Gasteiger partial charge < -0.3 is 4.57 Å². The summed E-state index contributed by atoms with van der Waals surface area (Å²) in [6, 6.07) is 22.6. The van der Waals surface area contributed by atoms with Gasteiger partial charge in [-0.3, -0.25) is 4.98 Å². The number of fused-ring (bicyclic) bond motifs is 2. The van der Waals surface area contributed by atoms with Crippen LogP contribution < -0.4 is 0 Å². The second-order valence-electron chi connectivity index (χ2n) is 6.38. The van der Waals surface area contributed by atoms with E-state index in [1.54, 1.807) is 12.3 Å². The molecule has 0 N–H and O–H groups in total. The van der Waals surface area contributed by atoms with Gasteiger partial charge in [0.1, 0.15) is 11.5 Å². The van der Waals surface area contributed by atoms with Crippen molar-refractivity contribution >= 4 is 46.0 Å². The van der Waals surface area contributed by atoms with Crippen molar-refractivity contribution < 1.29 is 4.39 Å². The van der Waals surface area contributed by atoms with E-state index >= 15 is 0 Å². The van der Waals surface area contributed by atoms with E-state index in [2.05, 4.69) is 26.7 Å². The van der Waals surface area contributed by atoms with E-state index in [4.69, 9.17) is 4.98 Å². The molecule has 28 heavy (non-hydrogen) atoms. The average Bonchev–Trinajstić information content (AvgIpc) is 3.07. The third kappa shape index (κ3) is 3.35. The molecule has 5 rings (SSSR count). The average molecular weight is 482 g/mol. The van der Waals surface area contributed by atoms with Gasteiger partial charge in [-0.1, -0.05) is 42.5 Å². The normalized spacial score (nSPS) is 10.9. The lowest BCUT2D eigenvalue weighted by Crippen LogP contribution is -2.03. The predicted octanol–water partition coefficient (Wildman–Crippen LogP) is 5.45. The number of halogens is 2. The van der Waals surface area contributed by atoms with Gasteiger partial charge in [0, 0.05) is 12.6 Å². The Morgan fingerprint density at radius 2 is 1.57 bits per heavy atom. The molecule has 0 saturated heterocycles. The summed E-state index contributed by atoms with van der Waals surface area (Å²) in [5.74, 6) is 0.394. The first-order valence-electron chi connectivity index (χ1n) is 8.70. The van der Waals surface area contributed by atoms with Crippen molar-refractivity contribution in [3.63, 3.8) is 0 Å². The summed E-state index contributed by atoms with van der Waals surface area (Å²) in [6.07, 6.45) is 1.70. The topological polar surface area (TPSA) is 43.6 Å². The van der Waals surface area contributed by atoms with Gasteiger partial charge >= 0.3 is 0 Å². The van der Waals surface area contributed by atoms with E-state index < -0.39 is 0 Å². The summed E-state index contributed by atoms with van der Waals surface area (Å²) >= 11 is 0. The van der Waals surface area contributed by atoms with Crippen LogP contribution in [0.25, 0.3) is 33.6 Å². The lowest BCUT2D eigenvalue weighted by molar-refractivity contribution is 0.629. The fourth-order valence-corrected chi connectivity index (χ4v) is 3.29. The van der Waals surface area contributed by atoms with Crippen LogP contribution in [-0.4, -0.2) is 19.5 Å². The SMILES string of the molecule is Fc1ccc2ncc(-c3nc4ccccc4n3Cc3ccccc3)nc2c1.I. The maximum Gasteiger partial charge on any atom is 0.161 e. The number of benzene rings is 3. The molecule has 0 bridgehead atoms. The number of para-hydroxylation sites is 2. The molecule has 3 aromatic carbocycles. The first-order valence-corrected chi connectivity index (χ1v) is 8.70. The Balaban J connectivity index is 0.00000192. The quantitative estimate of drug-likeness (QED) is 0.321. The largest absolute Gasteiger partial charge is 0.318 e. The summed E-state index contributed by atoms with van der Waals surface area (Å²) in [6.45, 7) is 0.666.